The summed E-state index contributed by atoms with van der Waals surface area (Å²) in [7, 11) is 0. The first-order chi connectivity index (χ1) is 11.7. The number of hydrogen-bond acceptors (Lipinski definition) is 3. The smallest absolute Gasteiger partial charge is 0.203 e. The van der Waals surface area contributed by atoms with Gasteiger partial charge in [0.25, 0.3) is 0 Å². The van der Waals surface area contributed by atoms with Gasteiger partial charge in [0, 0.05) is 6.54 Å². The van der Waals surface area contributed by atoms with Crippen LogP contribution in [0, 0.1) is 5.41 Å². The van der Waals surface area contributed by atoms with E-state index in [1.54, 1.807) is 10.6 Å². The number of rotatable bonds is 7. The highest BCUT2D eigenvalue weighted by atomic mass is 16.5. The summed E-state index contributed by atoms with van der Waals surface area (Å²) in [6.07, 6.45) is 1.06. The average molecular weight is 323 g/mol. The van der Waals surface area contributed by atoms with Crippen molar-refractivity contribution >= 4 is 11.0 Å². The summed E-state index contributed by atoms with van der Waals surface area (Å²) < 4.78 is 9.27. The van der Waals surface area contributed by atoms with Crippen LogP contribution in [0.4, 0.5) is 0 Å². The molecule has 5 heteroatoms. The minimum absolute atomic E-state index is 0.178. The first-order valence-electron chi connectivity index (χ1n) is 7.90. The van der Waals surface area contributed by atoms with Gasteiger partial charge in [-0.3, -0.25) is 5.41 Å². The third-order valence-electron chi connectivity index (χ3n) is 3.87. The quantitative estimate of drug-likeness (QED) is 0.656. The van der Waals surface area contributed by atoms with Crippen LogP contribution in [0.15, 0.2) is 67.3 Å². The first kappa shape index (κ1) is 16.1. The molecule has 0 aliphatic carbocycles. The number of allylic oxidation sites excluding steroid dienone is 1. The van der Waals surface area contributed by atoms with Crippen LogP contribution in [0.25, 0.3) is 11.0 Å². The second-order valence-electron chi connectivity index (χ2n) is 5.60. The molecule has 0 aliphatic heterocycles. The number of hydrogen-bond donors (Lipinski definition) is 2. The molecule has 24 heavy (non-hydrogen) atoms. The Balaban J connectivity index is 1.80. The molecule has 0 aliphatic rings. The van der Waals surface area contributed by atoms with Crippen molar-refractivity contribution in [3.8, 4) is 5.75 Å². The van der Waals surface area contributed by atoms with Gasteiger partial charge in [-0.25, -0.2) is 0 Å². The summed E-state index contributed by atoms with van der Waals surface area (Å²) in [5.41, 5.74) is 2.22. The van der Waals surface area contributed by atoms with E-state index < -0.39 is 6.10 Å². The van der Waals surface area contributed by atoms with Gasteiger partial charge < -0.3 is 19.0 Å². The Morgan fingerprint density at radius 3 is 2.33 bits per heavy atom. The number of nitrogens with zero attached hydrogens (tertiary/aromatic N) is 2. The molecule has 0 bridgehead atoms. The summed E-state index contributed by atoms with van der Waals surface area (Å²) >= 11 is 0. The normalized spacial score (nSPS) is 12.2. The van der Waals surface area contributed by atoms with Crippen molar-refractivity contribution < 1.29 is 9.84 Å². The van der Waals surface area contributed by atoms with Crippen molar-refractivity contribution in [3.63, 3.8) is 0 Å². The molecule has 2 N–H and O–H groups in total. The number of para-hydroxylation sites is 3. The number of imidazole rings is 1. The van der Waals surface area contributed by atoms with Crippen LogP contribution in [0.2, 0.25) is 0 Å². The van der Waals surface area contributed by atoms with Crippen LogP contribution in [0.1, 0.15) is 0 Å². The highest BCUT2D eigenvalue weighted by Crippen LogP contribution is 2.14. The van der Waals surface area contributed by atoms with Gasteiger partial charge in [0.1, 0.15) is 18.5 Å². The lowest BCUT2D eigenvalue weighted by molar-refractivity contribution is 0.0921. The maximum absolute atomic E-state index is 10.3. The minimum Gasteiger partial charge on any atom is -0.491 e. The van der Waals surface area contributed by atoms with Crippen molar-refractivity contribution in [2.75, 3.05) is 6.61 Å². The first-order valence-corrected chi connectivity index (χ1v) is 7.90. The number of aliphatic hydroxyl groups excluding tert-OH is 1. The van der Waals surface area contributed by atoms with Crippen molar-refractivity contribution in [1.29, 1.82) is 5.41 Å². The van der Waals surface area contributed by atoms with Crippen LogP contribution in [0.3, 0.4) is 0 Å². The average Bonchev–Trinajstić information content (AvgIpc) is 2.87. The molecular formula is C19H21N3O2. The molecule has 124 valence electrons. The van der Waals surface area contributed by atoms with Crippen molar-refractivity contribution in [2.45, 2.75) is 19.2 Å². The maximum Gasteiger partial charge on any atom is 0.203 e. The van der Waals surface area contributed by atoms with E-state index in [9.17, 15) is 5.11 Å². The zero-order valence-corrected chi connectivity index (χ0v) is 13.4. The Morgan fingerprint density at radius 2 is 1.67 bits per heavy atom. The number of fused-ring (bicyclic) bond motifs is 1. The number of aliphatic hydroxyl groups is 1. The molecule has 0 saturated carbocycles. The fourth-order valence-corrected chi connectivity index (χ4v) is 2.77. The van der Waals surface area contributed by atoms with Crippen molar-refractivity contribution in [2.24, 2.45) is 0 Å². The minimum atomic E-state index is -0.706. The van der Waals surface area contributed by atoms with Gasteiger partial charge in [-0.2, -0.15) is 0 Å². The van der Waals surface area contributed by atoms with Gasteiger partial charge in [0.15, 0.2) is 0 Å². The van der Waals surface area contributed by atoms with Gasteiger partial charge in [-0.15, -0.1) is 6.58 Å². The molecule has 0 spiro atoms. The van der Waals surface area contributed by atoms with Crippen LogP contribution in [0.5, 0.6) is 5.75 Å². The Hall–Kier alpha value is -2.79. The summed E-state index contributed by atoms with van der Waals surface area (Å²) in [4.78, 5) is 0. The summed E-state index contributed by atoms with van der Waals surface area (Å²) in [6.45, 7) is 4.79. The number of nitrogens with one attached hydrogen (secondary N) is 1. The molecule has 2 aromatic carbocycles. The Labute approximate surface area is 140 Å². The number of ether oxygens (including phenoxy) is 1. The lowest BCUT2D eigenvalue weighted by Gasteiger charge is -2.13. The highest BCUT2D eigenvalue weighted by Gasteiger charge is 2.13. The lowest BCUT2D eigenvalue weighted by Crippen LogP contribution is -2.31. The topological polar surface area (TPSA) is 63.2 Å². The third kappa shape index (κ3) is 3.26. The predicted octanol–water partition coefficient (Wildman–Crippen LogP) is 2.55. The molecule has 0 radical (unpaired) electrons. The van der Waals surface area contributed by atoms with Gasteiger partial charge in [0.2, 0.25) is 5.62 Å². The van der Waals surface area contributed by atoms with Gasteiger partial charge in [-0.05, 0) is 24.3 Å². The van der Waals surface area contributed by atoms with Gasteiger partial charge in [0.05, 0.1) is 17.6 Å². The Kier molecular flexibility index (Phi) is 4.82. The number of benzene rings is 2. The molecule has 3 aromatic rings. The zero-order chi connectivity index (χ0) is 16.9. The van der Waals surface area contributed by atoms with Crippen molar-refractivity contribution in [3.05, 3.63) is 72.9 Å². The van der Waals surface area contributed by atoms with E-state index in [2.05, 4.69) is 6.58 Å². The number of aromatic nitrogens is 2. The largest absolute Gasteiger partial charge is 0.491 e. The molecule has 1 heterocycles. The molecule has 3 rings (SSSR count). The van der Waals surface area contributed by atoms with Gasteiger partial charge >= 0.3 is 0 Å². The standard InChI is InChI=1S/C19H21N3O2/c1-2-12-21-17-10-6-7-11-18(17)22(19(21)20)13-15(23)14-24-16-8-4-3-5-9-16/h2-11,15,20,23H,1,12-14H2/t15-/m0/s1. The molecule has 5 nitrogen and oxygen atoms in total. The molecule has 0 fully saturated rings. The van der Waals surface area contributed by atoms with E-state index in [1.165, 1.54) is 0 Å². The fraction of sp³-hybridized carbons (Fsp3) is 0.211. The van der Waals surface area contributed by atoms with Crippen LogP contribution in [-0.4, -0.2) is 27.0 Å². The lowest BCUT2D eigenvalue weighted by atomic mass is 10.3. The van der Waals surface area contributed by atoms with E-state index in [-0.39, 0.29) is 6.61 Å². The van der Waals surface area contributed by atoms with Gasteiger partial charge in [-0.1, -0.05) is 36.4 Å². The molecule has 1 atom stereocenters. The van der Waals surface area contributed by atoms with E-state index in [4.69, 9.17) is 10.1 Å². The third-order valence-corrected chi connectivity index (χ3v) is 3.87. The maximum atomic E-state index is 10.3. The van der Waals surface area contributed by atoms with E-state index in [1.807, 2.05) is 59.2 Å². The summed E-state index contributed by atoms with van der Waals surface area (Å²) in [6, 6.07) is 17.2. The second-order valence-corrected chi connectivity index (χ2v) is 5.60. The van der Waals surface area contributed by atoms with E-state index in [0.29, 0.717) is 18.7 Å². The predicted molar refractivity (Wildman–Crippen MR) is 93.9 cm³/mol. The fourth-order valence-electron chi connectivity index (χ4n) is 2.77. The Morgan fingerprint density at radius 1 is 1.04 bits per heavy atom. The van der Waals surface area contributed by atoms with E-state index in [0.717, 1.165) is 16.8 Å². The highest BCUT2D eigenvalue weighted by molar-refractivity contribution is 5.75. The van der Waals surface area contributed by atoms with Crippen LogP contribution < -0.4 is 10.4 Å². The van der Waals surface area contributed by atoms with Crippen LogP contribution >= 0.6 is 0 Å². The Bertz CT molecular complexity index is 881. The molecule has 1 aromatic heterocycles. The monoisotopic (exact) mass is 323 g/mol. The molecular weight excluding hydrogens is 302 g/mol. The summed E-state index contributed by atoms with van der Waals surface area (Å²) in [5.74, 6) is 0.724. The second kappa shape index (κ2) is 7.19. The molecule has 0 saturated heterocycles. The van der Waals surface area contributed by atoms with E-state index >= 15 is 0 Å². The SMILES string of the molecule is C=CCn1c(=N)n(C[C@H](O)COc2ccccc2)c2ccccc21. The van der Waals surface area contributed by atoms with Crippen LogP contribution in [-0.2, 0) is 13.1 Å². The van der Waals surface area contributed by atoms with Crippen molar-refractivity contribution in [1.82, 2.24) is 9.13 Å². The zero-order valence-electron chi connectivity index (χ0n) is 13.4. The molecule has 0 unspecified atom stereocenters. The summed E-state index contributed by atoms with van der Waals surface area (Å²) in [5, 5.41) is 18.7. The molecule has 0 amide bonds.